The fourth-order valence-electron chi connectivity index (χ4n) is 1.75. The number of hydrogen-bond acceptors (Lipinski definition) is 3. The van der Waals surface area contributed by atoms with E-state index in [2.05, 4.69) is 5.32 Å². The summed E-state index contributed by atoms with van der Waals surface area (Å²) in [5.74, 6) is -0.357. The number of rotatable bonds is 3. The number of anilines is 1. The lowest BCUT2D eigenvalue weighted by Gasteiger charge is -2.16. The van der Waals surface area contributed by atoms with Gasteiger partial charge in [0.05, 0.1) is 12.2 Å². The second-order valence-electron chi connectivity index (χ2n) is 4.10. The van der Waals surface area contributed by atoms with Crippen LogP contribution in [0.3, 0.4) is 0 Å². The van der Waals surface area contributed by atoms with Gasteiger partial charge in [-0.2, -0.15) is 0 Å². The molecule has 1 heterocycles. The van der Waals surface area contributed by atoms with E-state index in [-0.39, 0.29) is 12.0 Å². The molecule has 0 unspecified atom stereocenters. The Kier molecular flexibility index (Phi) is 4.18. The van der Waals surface area contributed by atoms with E-state index in [9.17, 15) is 9.59 Å². The first-order chi connectivity index (χ1) is 9.20. The molecule has 1 aliphatic heterocycles. The molecular formula is C14H16N2O3. The highest BCUT2D eigenvalue weighted by Crippen LogP contribution is 2.12. The molecule has 5 nitrogen and oxygen atoms in total. The zero-order chi connectivity index (χ0) is 13.7. The topological polar surface area (TPSA) is 58.6 Å². The molecule has 19 heavy (non-hydrogen) atoms. The predicted octanol–water partition coefficient (Wildman–Crippen LogP) is 2.27. The van der Waals surface area contributed by atoms with E-state index in [0.717, 1.165) is 0 Å². The lowest BCUT2D eigenvalue weighted by Crippen LogP contribution is -2.32. The fourth-order valence-corrected chi connectivity index (χ4v) is 1.75. The normalized spacial score (nSPS) is 13.4. The highest BCUT2D eigenvalue weighted by atomic mass is 16.5. The fraction of sp³-hybridized carbons (Fsp3) is 0.286. The van der Waals surface area contributed by atoms with E-state index in [0.29, 0.717) is 30.9 Å². The number of amides is 2. The van der Waals surface area contributed by atoms with Crippen molar-refractivity contribution in [2.45, 2.75) is 6.92 Å². The number of hydrogen-bond donors (Lipinski definition) is 1. The van der Waals surface area contributed by atoms with Crippen LogP contribution in [0.1, 0.15) is 17.3 Å². The number of carbonyl (C=O) groups is 2. The maximum absolute atomic E-state index is 11.8. The molecule has 0 spiro atoms. The number of ether oxygens (including phenoxy) is 1. The van der Waals surface area contributed by atoms with E-state index in [4.69, 9.17) is 4.74 Å². The van der Waals surface area contributed by atoms with Gasteiger partial charge in [0.2, 0.25) is 0 Å². The van der Waals surface area contributed by atoms with E-state index >= 15 is 0 Å². The minimum atomic E-state index is -0.357. The average Bonchev–Trinajstić information content (AvgIpc) is 2.94. The Morgan fingerprint density at radius 3 is 2.42 bits per heavy atom. The number of nitrogens with zero attached hydrogens (tertiary/aromatic N) is 1. The SMILES string of the molecule is CCOC(=O)c1ccc(NC(=O)N2CC=CC2)cc1. The van der Waals surface area contributed by atoms with Crippen molar-refractivity contribution >= 4 is 17.7 Å². The first kappa shape index (κ1) is 13.1. The monoisotopic (exact) mass is 260 g/mol. The second kappa shape index (κ2) is 6.04. The predicted molar refractivity (Wildman–Crippen MR) is 72.1 cm³/mol. The molecule has 1 aromatic carbocycles. The van der Waals surface area contributed by atoms with Gasteiger partial charge in [0.25, 0.3) is 0 Å². The lowest BCUT2D eigenvalue weighted by atomic mass is 10.2. The summed E-state index contributed by atoms with van der Waals surface area (Å²) in [5.41, 5.74) is 1.13. The summed E-state index contributed by atoms with van der Waals surface area (Å²) in [5, 5.41) is 2.78. The van der Waals surface area contributed by atoms with Crippen LogP contribution in [0.4, 0.5) is 10.5 Å². The highest BCUT2D eigenvalue weighted by Gasteiger charge is 2.14. The van der Waals surface area contributed by atoms with Crippen LogP contribution in [0.15, 0.2) is 36.4 Å². The van der Waals surface area contributed by atoms with Gasteiger partial charge in [-0.1, -0.05) is 12.2 Å². The van der Waals surface area contributed by atoms with Gasteiger partial charge in [0, 0.05) is 18.8 Å². The average molecular weight is 260 g/mol. The van der Waals surface area contributed by atoms with E-state index in [1.807, 2.05) is 12.2 Å². The Bertz CT molecular complexity index is 486. The molecule has 1 N–H and O–H groups in total. The highest BCUT2D eigenvalue weighted by molar-refractivity contribution is 5.92. The summed E-state index contributed by atoms with van der Waals surface area (Å²) in [6, 6.07) is 6.50. The van der Waals surface area contributed by atoms with Crippen molar-refractivity contribution in [3.63, 3.8) is 0 Å². The molecule has 0 fully saturated rings. The number of esters is 1. The molecule has 0 saturated heterocycles. The molecule has 0 bridgehead atoms. The van der Waals surface area contributed by atoms with Gasteiger partial charge in [-0.3, -0.25) is 0 Å². The van der Waals surface area contributed by atoms with E-state index in [1.165, 1.54) is 0 Å². The van der Waals surface area contributed by atoms with Gasteiger partial charge < -0.3 is 15.0 Å². The molecular weight excluding hydrogens is 244 g/mol. The summed E-state index contributed by atoms with van der Waals surface area (Å²) < 4.78 is 4.89. The van der Waals surface area contributed by atoms with Crippen molar-refractivity contribution in [3.8, 4) is 0 Å². The Balaban J connectivity index is 1.94. The van der Waals surface area contributed by atoms with Crippen molar-refractivity contribution in [1.29, 1.82) is 0 Å². The molecule has 0 atom stereocenters. The maximum atomic E-state index is 11.8. The molecule has 5 heteroatoms. The first-order valence-corrected chi connectivity index (χ1v) is 6.19. The Morgan fingerprint density at radius 2 is 1.84 bits per heavy atom. The summed E-state index contributed by atoms with van der Waals surface area (Å²) in [6.07, 6.45) is 3.90. The number of urea groups is 1. The van der Waals surface area contributed by atoms with Gasteiger partial charge in [-0.25, -0.2) is 9.59 Å². The van der Waals surface area contributed by atoms with E-state index < -0.39 is 0 Å². The van der Waals surface area contributed by atoms with Crippen LogP contribution in [-0.2, 0) is 4.74 Å². The smallest absolute Gasteiger partial charge is 0.338 e. The van der Waals surface area contributed by atoms with Crippen LogP contribution >= 0.6 is 0 Å². The molecule has 100 valence electrons. The molecule has 0 aromatic heterocycles. The third-order valence-electron chi connectivity index (χ3n) is 2.75. The van der Waals surface area contributed by atoms with Crippen molar-refractivity contribution in [2.24, 2.45) is 0 Å². The van der Waals surface area contributed by atoms with Crippen LogP contribution in [-0.4, -0.2) is 36.6 Å². The summed E-state index contributed by atoms with van der Waals surface area (Å²) in [4.78, 5) is 25.0. The van der Waals surface area contributed by atoms with Crippen LogP contribution in [0.25, 0.3) is 0 Å². The standard InChI is InChI=1S/C14H16N2O3/c1-2-19-13(17)11-5-7-12(8-6-11)15-14(18)16-9-3-4-10-16/h3-8H,2,9-10H2,1H3,(H,15,18). The number of carbonyl (C=O) groups excluding carboxylic acids is 2. The molecule has 0 saturated carbocycles. The Morgan fingerprint density at radius 1 is 1.21 bits per heavy atom. The third-order valence-corrected chi connectivity index (χ3v) is 2.75. The zero-order valence-electron chi connectivity index (χ0n) is 10.8. The zero-order valence-corrected chi connectivity index (χ0v) is 10.8. The second-order valence-corrected chi connectivity index (χ2v) is 4.10. The lowest BCUT2D eigenvalue weighted by molar-refractivity contribution is 0.0526. The summed E-state index contributed by atoms with van der Waals surface area (Å²) >= 11 is 0. The third kappa shape index (κ3) is 3.34. The van der Waals surface area contributed by atoms with Crippen LogP contribution in [0.5, 0.6) is 0 Å². The molecule has 1 aliphatic rings. The van der Waals surface area contributed by atoms with Gasteiger partial charge in [0.1, 0.15) is 0 Å². The minimum Gasteiger partial charge on any atom is -0.462 e. The van der Waals surface area contributed by atoms with Gasteiger partial charge in [-0.15, -0.1) is 0 Å². The Hall–Kier alpha value is -2.30. The number of benzene rings is 1. The van der Waals surface area contributed by atoms with Crippen LogP contribution in [0, 0.1) is 0 Å². The van der Waals surface area contributed by atoms with Crippen LogP contribution in [0.2, 0.25) is 0 Å². The summed E-state index contributed by atoms with van der Waals surface area (Å²) in [6.45, 7) is 3.37. The van der Waals surface area contributed by atoms with Crippen molar-refractivity contribution in [2.75, 3.05) is 25.0 Å². The van der Waals surface area contributed by atoms with Crippen LogP contribution < -0.4 is 5.32 Å². The largest absolute Gasteiger partial charge is 0.462 e. The van der Waals surface area contributed by atoms with Gasteiger partial charge >= 0.3 is 12.0 Å². The quantitative estimate of drug-likeness (QED) is 0.670. The van der Waals surface area contributed by atoms with E-state index in [1.54, 1.807) is 36.1 Å². The maximum Gasteiger partial charge on any atom is 0.338 e. The summed E-state index contributed by atoms with van der Waals surface area (Å²) in [7, 11) is 0. The van der Waals surface area contributed by atoms with Gasteiger partial charge in [0.15, 0.2) is 0 Å². The minimum absolute atomic E-state index is 0.145. The van der Waals surface area contributed by atoms with Crippen molar-refractivity contribution < 1.29 is 14.3 Å². The van der Waals surface area contributed by atoms with Gasteiger partial charge in [-0.05, 0) is 31.2 Å². The van der Waals surface area contributed by atoms with Crippen molar-refractivity contribution in [3.05, 3.63) is 42.0 Å². The first-order valence-electron chi connectivity index (χ1n) is 6.19. The molecule has 1 aromatic rings. The molecule has 0 radical (unpaired) electrons. The molecule has 2 rings (SSSR count). The molecule has 2 amide bonds. The molecule has 0 aliphatic carbocycles. The van der Waals surface area contributed by atoms with Crippen molar-refractivity contribution in [1.82, 2.24) is 4.90 Å². The Labute approximate surface area is 111 Å². The number of nitrogens with one attached hydrogen (secondary N) is 1.